The van der Waals surface area contributed by atoms with Crippen LogP contribution in [0.1, 0.15) is 52.1 Å². The number of aryl methyl sites for hydroxylation is 1. The van der Waals surface area contributed by atoms with Crippen molar-refractivity contribution in [3.8, 4) is 0 Å². The molecule has 2 aromatic heterocycles. The van der Waals surface area contributed by atoms with Crippen molar-refractivity contribution in [3.63, 3.8) is 0 Å². The summed E-state index contributed by atoms with van der Waals surface area (Å²) >= 11 is 3.39. The number of hydrogen-bond acceptors (Lipinski definition) is 4. The molecule has 3 rings (SSSR count). The second-order valence-electron chi connectivity index (χ2n) is 7.95. The van der Waals surface area contributed by atoms with Gasteiger partial charge < -0.3 is 9.64 Å². The third-order valence-electron chi connectivity index (χ3n) is 4.77. The summed E-state index contributed by atoms with van der Waals surface area (Å²) in [5, 5.41) is 4.49. The van der Waals surface area contributed by atoms with Crippen molar-refractivity contribution >= 4 is 27.7 Å². The van der Waals surface area contributed by atoms with Gasteiger partial charge in [-0.1, -0.05) is 0 Å². The number of rotatable bonds is 1. The van der Waals surface area contributed by atoms with Gasteiger partial charge in [0.1, 0.15) is 15.9 Å². The fourth-order valence-electron chi connectivity index (χ4n) is 3.49. The molecule has 0 N–H and O–H groups in total. The zero-order chi connectivity index (χ0) is 19.2. The number of fused-ring (bicyclic) bond motifs is 1. The van der Waals surface area contributed by atoms with Gasteiger partial charge in [-0.05, 0) is 56.5 Å². The summed E-state index contributed by atoms with van der Waals surface area (Å²) in [4.78, 5) is 26.5. The monoisotopic (exact) mass is 424 g/mol. The van der Waals surface area contributed by atoms with Crippen molar-refractivity contribution in [1.82, 2.24) is 19.1 Å². The minimum Gasteiger partial charge on any atom is -0.444 e. The van der Waals surface area contributed by atoms with Gasteiger partial charge in [-0.15, -0.1) is 0 Å². The molecule has 2 atom stereocenters. The lowest BCUT2D eigenvalue weighted by molar-refractivity contribution is 0.0102. The molecule has 8 heteroatoms. The SMILES string of the molecule is C[C@@H]1CC(c2cc(=O)n(C)c3cc(Br)nn23)CCN1C(=O)OC(C)(C)C. The van der Waals surface area contributed by atoms with Gasteiger partial charge in [0.2, 0.25) is 0 Å². The fourth-order valence-corrected chi connectivity index (χ4v) is 3.86. The van der Waals surface area contributed by atoms with E-state index < -0.39 is 5.60 Å². The van der Waals surface area contributed by atoms with Crippen LogP contribution in [0.5, 0.6) is 0 Å². The second kappa shape index (κ2) is 6.72. The highest BCUT2D eigenvalue weighted by Gasteiger charge is 2.33. The number of ether oxygens (including phenoxy) is 1. The lowest BCUT2D eigenvalue weighted by Crippen LogP contribution is -2.46. The Bertz CT molecular complexity index is 896. The van der Waals surface area contributed by atoms with E-state index in [-0.39, 0.29) is 23.6 Å². The number of nitrogens with zero attached hydrogens (tertiary/aromatic N) is 4. The van der Waals surface area contributed by atoms with Gasteiger partial charge in [0, 0.05) is 37.7 Å². The maximum absolute atomic E-state index is 12.4. The first-order chi connectivity index (χ1) is 12.1. The Morgan fingerprint density at radius 3 is 2.65 bits per heavy atom. The lowest BCUT2D eigenvalue weighted by atomic mass is 9.89. The number of piperidine rings is 1. The van der Waals surface area contributed by atoms with Crippen LogP contribution in [0, 0.1) is 0 Å². The number of carbonyl (C=O) groups excluding carboxylic acids is 1. The van der Waals surface area contributed by atoms with Crippen LogP contribution in [-0.2, 0) is 11.8 Å². The van der Waals surface area contributed by atoms with Crippen LogP contribution in [0.25, 0.3) is 5.65 Å². The molecule has 142 valence electrons. The van der Waals surface area contributed by atoms with Crippen LogP contribution >= 0.6 is 15.9 Å². The summed E-state index contributed by atoms with van der Waals surface area (Å²) in [6.07, 6.45) is 1.25. The number of halogens is 1. The minimum atomic E-state index is -0.507. The topological polar surface area (TPSA) is 68.8 Å². The Morgan fingerprint density at radius 1 is 1.35 bits per heavy atom. The van der Waals surface area contributed by atoms with Crippen molar-refractivity contribution in [2.24, 2.45) is 7.05 Å². The smallest absolute Gasteiger partial charge is 0.410 e. The minimum absolute atomic E-state index is 0.0294. The van der Waals surface area contributed by atoms with Gasteiger partial charge in [-0.2, -0.15) is 5.10 Å². The van der Waals surface area contributed by atoms with Crippen LogP contribution < -0.4 is 5.56 Å². The third kappa shape index (κ3) is 3.65. The van der Waals surface area contributed by atoms with Gasteiger partial charge in [-0.3, -0.25) is 9.36 Å². The Hall–Kier alpha value is -1.83. The maximum Gasteiger partial charge on any atom is 0.410 e. The van der Waals surface area contributed by atoms with Crippen LogP contribution in [0.4, 0.5) is 4.79 Å². The van der Waals surface area contributed by atoms with Gasteiger partial charge in [-0.25, -0.2) is 9.31 Å². The van der Waals surface area contributed by atoms with E-state index in [1.165, 1.54) is 0 Å². The highest BCUT2D eigenvalue weighted by atomic mass is 79.9. The molecule has 1 aliphatic heterocycles. The summed E-state index contributed by atoms with van der Waals surface area (Å²) in [6, 6.07) is 3.53. The Balaban J connectivity index is 1.86. The summed E-state index contributed by atoms with van der Waals surface area (Å²) in [6.45, 7) is 8.23. The predicted molar refractivity (Wildman–Crippen MR) is 103 cm³/mol. The summed E-state index contributed by atoms with van der Waals surface area (Å²) in [7, 11) is 1.74. The normalized spacial score (nSPS) is 21.2. The van der Waals surface area contributed by atoms with Crippen molar-refractivity contribution in [2.45, 2.75) is 58.1 Å². The molecule has 1 aliphatic rings. The molecule has 0 saturated carbocycles. The number of hydrogen-bond donors (Lipinski definition) is 0. The molecule has 1 unspecified atom stereocenters. The average molecular weight is 425 g/mol. The third-order valence-corrected chi connectivity index (χ3v) is 5.16. The number of amides is 1. The van der Waals surface area contributed by atoms with E-state index in [1.54, 1.807) is 22.6 Å². The van der Waals surface area contributed by atoms with Gasteiger partial charge in [0.05, 0.1) is 5.69 Å². The molecule has 1 saturated heterocycles. The van der Waals surface area contributed by atoms with E-state index in [2.05, 4.69) is 21.0 Å². The summed E-state index contributed by atoms with van der Waals surface area (Å²) in [5.41, 5.74) is 1.08. The van der Waals surface area contributed by atoms with Gasteiger partial charge in [0.25, 0.3) is 5.56 Å². The molecule has 0 aromatic carbocycles. The quantitative estimate of drug-likeness (QED) is 0.703. The number of aromatic nitrogens is 3. The van der Waals surface area contributed by atoms with E-state index in [1.807, 2.05) is 38.3 Å². The van der Waals surface area contributed by atoms with E-state index >= 15 is 0 Å². The van der Waals surface area contributed by atoms with Crippen LogP contribution in [0.15, 0.2) is 21.5 Å². The van der Waals surface area contributed by atoms with Crippen LogP contribution in [-0.4, -0.2) is 43.4 Å². The van der Waals surface area contributed by atoms with E-state index in [9.17, 15) is 9.59 Å². The predicted octanol–water partition coefficient (Wildman–Crippen LogP) is 3.30. The van der Waals surface area contributed by atoms with E-state index in [0.29, 0.717) is 11.1 Å². The lowest BCUT2D eigenvalue weighted by Gasteiger charge is -2.38. The first-order valence-electron chi connectivity index (χ1n) is 8.81. The van der Waals surface area contributed by atoms with E-state index in [4.69, 9.17) is 4.74 Å². The van der Waals surface area contributed by atoms with E-state index in [0.717, 1.165) is 24.2 Å². The van der Waals surface area contributed by atoms with Crippen molar-refractivity contribution < 1.29 is 9.53 Å². The molecule has 0 spiro atoms. The largest absolute Gasteiger partial charge is 0.444 e. The standard InChI is InChI=1S/C18H25BrN4O3/c1-11-8-12(6-7-22(11)17(25)26-18(2,3)4)13-9-16(24)21(5)15-10-14(19)20-23(13)15/h9-12H,6-8H2,1-5H3/t11-,12?/m1/s1. The van der Waals surface area contributed by atoms with Crippen molar-refractivity contribution in [1.29, 1.82) is 0 Å². The Labute approximate surface area is 161 Å². The highest BCUT2D eigenvalue weighted by Crippen LogP contribution is 2.32. The maximum atomic E-state index is 12.4. The molecule has 0 radical (unpaired) electrons. The first-order valence-corrected chi connectivity index (χ1v) is 9.61. The number of likely N-dealkylation sites (tertiary alicyclic amines) is 1. The zero-order valence-electron chi connectivity index (χ0n) is 15.8. The highest BCUT2D eigenvalue weighted by molar-refractivity contribution is 9.10. The molecule has 1 amide bonds. The Kier molecular flexibility index (Phi) is 4.90. The first kappa shape index (κ1) is 18.9. The van der Waals surface area contributed by atoms with Crippen LogP contribution in [0.2, 0.25) is 0 Å². The Morgan fingerprint density at radius 2 is 2.04 bits per heavy atom. The molecular weight excluding hydrogens is 400 g/mol. The van der Waals surface area contributed by atoms with Crippen molar-refractivity contribution in [2.75, 3.05) is 6.54 Å². The van der Waals surface area contributed by atoms with Crippen molar-refractivity contribution in [3.05, 3.63) is 32.8 Å². The average Bonchev–Trinajstić information content (AvgIpc) is 2.91. The molecule has 1 fully saturated rings. The zero-order valence-corrected chi connectivity index (χ0v) is 17.4. The molecule has 26 heavy (non-hydrogen) atoms. The molecule has 3 heterocycles. The molecular formula is C18H25BrN4O3. The summed E-state index contributed by atoms with van der Waals surface area (Å²) in [5.74, 6) is 0.159. The number of carbonyl (C=O) groups is 1. The molecule has 0 bridgehead atoms. The van der Waals surface area contributed by atoms with Gasteiger partial charge in [0.15, 0.2) is 0 Å². The van der Waals surface area contributed by atoms with Gasteiger partial charge >= 0.3 is 6.09 Å². The molecule has 7 nitrogen and oxygen atoms in total. The summed E-state index contributed by atoms with van der Waals surface area (Å²) < 4.78 is 9.61. The molecule has 0 aliphatic carbocycles. The van der Waals surface area contributed by atoms with Crippen LogP contribution in [0.3, 0.4) is 0 Å². The fraction of sp³-hybridized carbons (Fsp3) is 0.611. The molecule has 2 aromatic rings. The second-order valence-corrected chi connectivity index (χ2v) is 8.76.